The Kier molecular flexibility index (Phi) is 8.22. The second-order valence-corrected chi connectivity index (χ2v) is 15.1. The summed E-state index contributed by atoms with van der Waals surface area (Å²) in [6, 6.07) is 0. The molecule has 5 fully saturated rings. The summed E-state index contributed by atoms with van der Waals surface area (Å²) in [6.07, 6.45) is 25.5. The van der Waals surface area contributed by atoms with Crippen LogP contribution in [0.3, 0.4) is 0 Å². The highest BCUT2D eigenvalue weighted by Crippen LogP contribution is 2.65. The van der Waals surface area contributed by atoms with Gasteiger partial charge in [-0.25, -0.2) is 0 Å². The SMILES string of the molecule is C[C@]12CC[C@H]3[C@@H](CCC4=C[C@@H](OC(=O)CCC5CCCC5)CC[C@@]43C)[C@@H]1CC[C@@H]2OC(=O)CCC1CCCC1. The van der Waals surface area contributed by atoms with Gasteiger partial charge in [0.25, 0.3) is 0 Å². The Morgan fingerprint density at radius 3 is 2.05 bits per heavy atom. The van der Waals surface area contributed by atoms with Crippen molar-refractivity contribution in [1.29, 1.82) is 0 Å². The minimum absolute atomic E-state index is 0.0178. The Labute approximate surface area is 237 Å². The van der Waals surface area contributed by atoms with E-state index in [0.29, 0.717) is 24.7 Å². The number of hydrogen-bond acceptors (Lipinski definition) is 4. The van der Waals surface area contributed by atoms with Crippen molar-refractivity contribution in [1.82, 2.24) is 0 Å². The molecule has 0 spiro atoms. The molecule has 6 aliphatic rings. The van der Waals surface area contributed by atoms with Crippen LogP contribution in [0.4, 0.5) is 0 Å². The third-order valence-corrected chi connectivity index (χ3v) is 13.0. The Morgan fingerprint density at radius 1 is 0.744 bits per heavy atom. The quantitative estimate of drug-likeness (QED) is 0.229. The van der Waals surface area contributed by atoms with Crippen molar-refractivity contribution < 1.29 is 19.1 Å². The van der Waals surface area contributed by atoms with Gasteiger partial charge in [-0.15, -0.1) is 0 Å². The second-order valence-electron chi connectivity index (χ2n) is 15.1. The fourth-order valence-corrected chi connectivity index (χ4v) is 10.6. The van der Waals surface area contributed by atoms with Crippen molar-refractivity contribution in [2.24, 2.45) is 40.4 Å². The number of fused-ring (bicyclic) bond motifs is 5. The van der Waals surface area contributed by atoms with Crippen LogP contribution in [-0.2, 0) is 19.1 Å². The van der Waals surface area contributed by atoms with Crippen LogP contribution in [0.25, 0.3) is 0 Å². The van der Waals surface area contributed by atoms with Gasteiger partial charge in [0.2, 0.25) is 0 Å². The molecule has 5 saturated carbocycles. The highest BCUT2D eigenvalue weighted by molar-refractivity contribution is 5.70. The summed E-state index contributed by atoms with van der Waals surface area (Å²) in [7, 11) is 0. The lowest BCUT2D eigenvalue weighted by atomic mass is 9.47. The summed E-state index contributed by atoms with van der Waals surface area (Å²) in [6.45, 7) is 4.97. The molecule has 0 bridgehead atoms. The lowest BCUT2D eigenvalue weighted by molar-refractivity contribution is -0.160. The average molecular weight is 539 g/mol. The number of rotatable bonds is 8. The van der Waals surface area contributed by atoms with E-state index in [1.807, 2.05) is 0 Å². The molecule has 0 saturated heterocycles. The van der Waals surface area contributed by atoms with Gasteiger partial charge >= 0.3 is 11.9 Å². The van der Waals surface area contributed by atoms with Gasteiger partial charge in [0, 0.05) is 18.3 Å². The van der Waals surface area contributed by atoms with E-state index < -0.39 is 0 Å². The molecule has 0 radical (unpaired) electrons. The number of esters is 2. The summed E-state index contributed by atoms with van der Waals surface area (Å²) in [5, 5.41) is 0. The summed E-state index contributed by atoms with van der Waals surface area (Å²) in [4.78, 5) is 25.5. The molecule has 4 nitrogen and oxygen atoms in total. The van der Waals surface area contributed by atoms with Crippen molar-refractivity contribution in [2.45, 2.75) is 154 Å². The zero-order valence-corrected chi connectivity index (χ0v) is 24.9. The molecule has 0 aromatic rings. The van der Waals surface area contributed by atoms with E-state index in [1.165, 1.54) is 77.0 Å². The fourth-order valence-electron chi connectivity index (χ4n) is 10.6. The maximum Gasteiger partial charge on any atom is 0.306 e. The summed E-state index contributed by atoms with van der Waals surface area (Å²) in [5.41, 5.74) is 1.96. The Balaban J connectivity index is 1.04. The van der Waals surface area contributed by atoms with Crippen LogP contribution < -0.4 is 0 Å². The molecule has 0 aromatic heterocycles. The average Bonchev–Trinajstić information content (AvgIpc) is 3.69. The van der Waals surface area contributed by atoms with Crippen LogP contribution in [0.2, 0.25) is 0 Å². The van der Waals surface area contributed by atoms with Crippen LogP contribution in [0.1, 0.15) is 142 Å². The largest absolute Gasteiger partial charge is 0.462 e. The molecule has 0 aliphatic heterocycles. The molecule has 7 atom stereocenters. The molecule has 218 valence electrons. The standard InChI is InChI=1S/C35H54O4/c1-34-21-19-27(38-32(36)17-11-24-7-3-4-8-24)23-26(34)13-14-28-29-15-16-31(35(29,2)22-20-30(28)34)39-33(37)18-12-25-9-5-6-10-25/h23-25,27-31H,3-22H2,1-2H3/t27-,28-,29-,30-,31-,34-,35-/m0/s1. The first-order valence-electron chi connectivity index (χ1n) is 17.0. The Bertz CT molecular complexity index is 927. The summed E-state index contributed by atoms with van der Waals surface area (Å²) in [5.74, 6) is 3.70. The van der Waals surface area contributed by atoms with Crippen LogP contribution in [0.5, 0.6) is 0 Å². The van der Waals surface area contributed by atoms with Crippen molar-refractivity contribution in [2.75, 3.05) is 0 Å². The maximum atomic E-state index is 12.8. The third-order valence-electron chi connectivity index (χ3n) is 13.0. The molecule has 4 heteroatoms. The molecule has 0 heterocycles. The van der Waals surface area contributed by atoms with Gasteiger partial charge in [-0.05, 0) is 105 Å². The normalized spacial score (nSPS) is 40.5. The predicted molar refractivity (Wildman–Crippen MR) is 154 cm³/mol. The molecule has 39 heavy (non-hydrogen) atoms. The number of allylic oxidation sites excluding steroid dienone is 1. The molecular formula is C35H54O4. The second kappa shape index (κ2) is 11.5. The Hall–Kier alpha value is -1.32. The molecule has 6 rings (SSSR count). The molecule has 0 N–H and O–H groups in total. The van der Waals surface area contributed by atoms with Crippen LogP contribution in [-0.4, -0.2) is 24.1 Å². The van der Waals surface area contributed by atoms with E-state index in [2.05, 4.69) is 19.9 Å². The number of hydrogen-bond donors (Lipinski definition) is 0. The topological polar surface area (TPSA) is 52.6 Å². The maximum absolute atomic E-state index is 12.8. The van der Waals surface area contributed by atoms with Gasteiger partial charge in [0.15, 0.2) is 0 Å². The van der Waals surface area contributed by atoms with Crippen LogP contribution in [0, 0.1) is 40.4 Å². The fraction of sp³-hybridized carbons (Fsp3) is 0.886. The van der Waals surface area contributed by atoms with Crippen molar-refractivity contribution in [3.63, 3.8) is 0 Å². The van der Waals surface area contributed by atoms with Crippen molar-refractivity contribution in [3.05, 3.63) is 11.6 Å². The minimum atomic E-state index is -0.0194. The van der Waals surface area contributed by atoms with Crippen molar-refractivity contribution in [3.8, 4) is 0 Å². The van der Waals surface area contributed by atoms with Gasteiger partial charge in [0.1, 0.15) is 12.2 Å². The van der Waals surface area contributed by atoms with E-state index in [-0.39, 0.29) is 35.0 Å². The highest BCUT2D eigenvalue weighted by Gasteiger charge is 2.60. The lowest BCUT2D eigenvalue weighted by Gasteiger charge is -2.58. The molecule has 0 unspecified atom stereocenters. The molecular weight excluding hydrogens is 484 g/mol. The summed E-state index contributed by atoms with van der Waals surface area (Å²) >= 11 is 0. The first kappa shape index (κ1) is 27.8. The van der Waals surface area contributed by atoms with Gasteiger partial charge in [-0.1, -0.05) is 70.8 Å². The van der Waals surface area contributed by atoms with E-state index in [4.69, 9.17) is 9.47 Å². The minimum Gasteiger partial charge on any atom is -0.462 e. The predicted octanol–water partition coefficient (Wildman–Crippen LogP) is 8.71. The van der Waals surface area contributed by atoms with E-state index >= 15 is 0 Å². The molecule has 0 amide bonds. The molecule has 6 aliphatic carbocycles. The van der Waals surface area contributed by atoms with Crippen LogP contribution >= 0.6 is 0 Å². The monoisotopic (exact) mass is 538 g/mol. The number of ether oxygens (including phenoxy) is 2. The van der Waals surface area contributed by atoms with Gasteiger partial charge in [-0.2, -0.15) is 0 Å². The lowest BCUT2D eigenvalue weighted by Crippen LogP contribution is -2.52. The third kappa shape index (κ3) is 5.61. The number of carbonyl (C=O) groups is 2. The zero-order chi connectivity index (χ0) is 27.0. The van der Waals surface area contributed by atoms with Crippen LogP contribution in [0.15, 0.2) is 11.6 Å². The van der Waals surface area contributed by atoms with Gasteiger partial charge in [-0.3, -0.25) is 9.59 Å². The van der Waals surface area contributed by atoms with E-state index in [1.54, 1.807) is 5.57 Å². The highest BCUT2D eigenvalue weighted by atomic mass is 16.5. The first-order chi connectivity index (χ1) is 18.8. The first-order valence-corrected chi connectivity index (χ1v) is 17.0. The van der Waals surface area contributed by atoms with Crippen molar-refractivity contribution >= 4 is 11.9 Å². The Morgan fingerprint density at radius 2 is 1.38 bits per heavy atom. The van der Waals surface area contributed by atoms with E-state index in [0.717, 1.165) is 56.3 Å². The van der Waals surface area contributed by atoms with Gasteiger partial charge in [0.05, 0.1) is 0 Å². The molecule has 0 aromatic carbocycles. The van der Waals surface area contributed by atoms with E-state index in [9.17, 15) is 9.59 Å². The summed E-state index contributed by atoms with van der Waals surface area (Å²) < 4.78 is 12.3. The zero-order valence-electron chi connectivity index (χ0n) is 24.9. The van der Waals surface area contributed by atoms with Gasteiger partial charge < -0.3 is 9.47 Å². The number of carbonyl (C=O) groups excluding carboxylic acids is 2. The smallest absolute Gasteiger partial charge is 0.306 e.